The quantitative estimate of drug-likeness (QED) is 0.405. The largest absolute Gasteiger partial charge is 0.506 e. The number of aromatic hydroxyl groups is 1. The molecule has 148 valence electrons. The van der Waals surface area contributed by atoms with E-state index in [-0.39, 0.29) is 40.6 Å². The number of Topliss-reactive ketones (excluding diaryl/α,β-unsaturated/α-hetero) is 1. The molecule has 1 amide bonds. The van der Waals surface area contributed by atoms with Crippen molar-refractivity contribution in [3.8, 4) is 5.75 Å². The van der Waals surface area contributed by atoms with Gasteiger partial charge >= 0.3 is 0 Å². The first-order valence-electron chi connectivity index (χ1n) is 8.67. The number of halogens is 1. The van der Waals surface area contributed by atoms with E-state index in [0.717, 1.165) is 5.56 Å². The molecular weight excluding hydrogens is 384 g/mol. The highest BCUT2D eigenvalue weighted by molar-refractivity contribution is 6.32. The van der Waals surface area contributed by atoms with Gasteiger partial charge in [0, 0.05) is 30.0 Å². The predicted octanol–water partition coefficient (Wildman–Crippen LogP) is 4.35. The Hall–Kier alpha value is -2.93. The van der Waals surface area contributed by atoms with Gasteiger partial charge in [0.25, 0.3) is 5.69 Å². The number of non-ortho nitro benzene ring substituents is 1. The van der Waals surface area contributed by atoms with Crippen molar-refractivity contribution in [2.24, 2.45) is 5.92 Å². The Labute approximate surface area is 167 Å². The Kier molecular flexibility index (Phi) is 6.75. The molecule has 2 rings (SSSR count). The number of nitrogens with one attached hydrogen (secondary N) is 1. The van der Waals surface area contributed by atoms with Crippen LogP contribution in [0.4, 0.5) is 5.69 Å². The number of carbonyl (C=O) groups is 2. The number of amides is 1. The summed E-state index contributed by atoms with van der Waals surface area (Å²) in [6.45, 7) is 5.05. The zero-order valence-electron chi connectivity index (χ0n) is 15.7. The average Bonchev–Trinajstić information content (AvgIpc) is 2.64. The van der Waals surface area contributed by atoms with Gasteiger partial charge in [-0.2, -0.15) is 0 Å². The van der Waals surface area contributed by atoms with E-state index in [1.54, 1.807) is 32.9 Å². The van der Waals surface area contributed by atoms with E-state index in [1.165, 1.54) is 24.3 Å². The normalized spacial score (nSPS) is 12.9. The Morgan fingerprint density at radius 1 is 1.21 bits per heavy atom. The first-order chi connectivity index (χ1) is 13.1. The second-order valence-corrected chi connectivity index (χ2v) is 7.14. The maximum atomic E-state index is 12.6. The molecule has 0 saturated carbocycles. The highest BCUT2D eigenvalue weighted by Crippen LogP contribution is 2.29. The molecule has 0 fully saturated rings. The van der Waals surface area contributed by atoms with Crippen LogP contribution >= 0.6 is 11.6 Å². The minimum Gasteiger partial charge on any atom is -0.506 e. The summed E-state index contributed by atoms with van der Waals surface area (Å²) in [7, 11) is 0. The molecule has 2 unspecified atom stereocenters. The third-order valence-corrected chi connectivity index (χ3v) is 4.75. The summed E-state index contributed by atoms with van der Waals surface area (Å²) in [5.41, 5.74) is 1.52. The van der Waals surface area contributed by atoms with Gasteiger partial charge in [0.1, 0.15) is 5.75 Å². The molecule has 0 aliphatic carbocycles. The van der Waals surface area contributed by atoms with Crippen LogP contribution in [0.3, 0.4) is 0 Å². The fraction of sp³-hybridized carbons (Fsp3) is 0.300. The number of hydrogen-bond donors (Lipinski definition) is 2. The van der Waals surface area contributed by atoms with Crippen LogP contribution in [0, 0.1) is 23.0 Å². The molecule has 28 heavy (non-hydrogen) atoms. The minimum atomic E-state index is -0.580. The molecule has 0 saturated heterocycles. The van der Waals surface area contributed by atoms with Gasteiger partial charge in [-0.25, -0.2) is 0 Å². The number of phenols is 1. The molecule has 0 bridgehead atoms. The van der Waals surface area contributed by atoms with Crippen LogP contribution in [0.15, 0.2) is 36.4 Å². The summed E-state index contributed by atoms with van der Waals surface area (Å²) in [6.07, 6.45) is -0.0201. The molecule has 0 heterocycles. The number of hydrogen-bond acceptors (Lipinski definition) is 5. The summed E-state index contributed by atoms with van der Waals surface area (Å²) in [5, 5.41) is 23.3. The molecule has 8 heteroatoms. The van der Waals surface area contributed by atoms with Gasteiger partial charge in [0.05, 0.1) is 16.0 Å². The fourth-order valence-corrected chi connectivity index (χ4v) is 3.07. The highest BCUT2D eigenvalue weighted by Gasteiger charge is 2.21. The van der Waals surface area contributed by atoms with Gasteiger partial charge in [-0.05, 0) is 37.1 Å². The number of nitro groups is 1. The molecular formula is C20H21ClN2O5. The van der Waals surface area contributed by atoms with E-state index in [0.29, 0.717) is 11.1 Å². The maximum absolute atomic E-state index is 12.6. The van der Waals surface area contributed by atoms with Crippen LogP contribution in [0.1, 0.15) is 47.8 Å². The lowest BCUT2D eigenvalue weighted by Crippen LogP contribution is -2.29. The van der Waals surface area contributed by atoms with Crippen LogP contribution in [0.25, 0.3) is 0 Å². The van der Waals surface area contributed by atoms with Crippen molar-refractivity contribution < 1.29 is 19.6 Å². The van der Waals surface area contributed by atoms with Crippen LogP contribution < -0.4 is 5.32 Å². The van der Waals surface area contributed by atoms with E-state index < -0.39 is 10.8 Å². The topological polar surface area (TPSA) is 110 Å². The molecule has 7 nitrogen and oxygen atoms in total. The van der Waals surface area contributed by atoms with Crippen molar-refractivity contribution in [3.05, 3.63) is 68.2 Å². The van der Waals surface area contributed by atoms with Gasteiger partial charge < -0.3 is 10.4 Å². The van der Waals surface area contributed by atoms with Crippen molar-refractivity contribution in [1.29, 1.82) is 0 Å². The summed E-state index contributed by atoms with van der Waals surface area (Å²) < 4.78 is 0. The van der Waals surface area contributed by atoms with E-state index in [9.17, 15) is 24.8 Å². The van der Waals surface area contributed by atoms with E-state index >= 15 is 0 Å². The van der Waals surface area contributed by atoms with Gasteiger partial charge in [-0.3, -0.25) is 19.7 Å². The Morgan fingerprint density at radius 2 is 1.82 bits per heavy atom. The second-order valence-electron chi connectivity index (χ2n) is 6.73. The van der Waals surface area contributed by atoms with Gasteiger partial charge in [-0.1, -0.05) is 30.7 Å². The molecule has 0 spiro atoms. The van der Waals surface area contributed by atoms with Crippen molar-refractivity contribution in [1.82, 2.24) is 5.32 Å². The molecule has 0 aromatic heterocycles. The number of carbonyl (C=O) groups excluding carboxylic acids is 2. The molecule has 2 N–H and O–H groups in total. The lowest BCUT2D eigenvalue weighted by molar-refractivity contribution is -0.384. The smallest absolute Gasteiger partial charge is 0.269 e. The predicted molar refractivity (Wildman–Crippen MR) is 106 cm³/mol. The third kappa shape index (κ3) is 5.07. The van der Waals surface area contributed by atoms with Crippen LogP contribution in [0.5, 0.6) is 5.75 Å². The molecule has 2 aromatic rings. The summed E-state index contributed by atoms with van der Waals surface area (Å²) in [5.74, 6) is -1.21. The minimum absolute atomic E-state index is 0.0201. The number of phenolic OH excluding ortho intramolecular Hbond substituents is 1. The Morgan fingerprint density at radius 3 is 2.36 bits per heavy atom. The van der Waals surface area contributed by atoms with E-state index in [1.807, 2.05) is 0 Å². The number of benzene rings is 2. The molecule has 0 aliphatic heterocycles. The van der Waals surface area contributed by atoms with Gasteiger partial charge in [-0.15, -0.1) is 0 Å². The summed E-state index contributed by atoms with van der Waals surface area (Å²) >= 11 is 5.92. The third-order valence-electron chi connectivity index (χ3n) is 4.46. The van der Waals surface area contributed by atoms with Crippen molar-refractivity contribution in [3.63, 3.8) is 0 Å². The lowest BCUT2D eigenvalue weighted by atomic mass is 9.94. The van der Waals surface area contributed by atoms with Crippen LogP contribution in [-0.2, 0) is 4.79 Å². The van der Waals surface area contributed by atoms with Crippen LogP contribution in [0.2, 0.25) is 5.02 Å². The molecule has 0 radical (unpaired) electrons. The fourth-order valence-electron chi connectivity index (χ4n) is 2.80. The number of rotatable bonds is 7. The van der Waals surface area contributed by atoms with Crippen LogP contribution in [-0.4, -0.2) is 21.7 Å². The van der Waals surface area contributed by atoms with Crippen molar-refractivity contribution in [2.45, 2.75) is 33.2 Å². The van der Waals surface area contributed by atoms with Gasteiger partial charge in [0.2, 0.25) is 5.91 Å². The first-order valence-corrected chi connectivity index (χ1v) is 9.05. The standard InChI is InChI=1S/C20H21ClN2O5/c1-11-8-15(10-17(21)20(11)26)19(25)12(2)9-18(24)22-13(3)14-4-6-16(7-5-14)23(27)28/h4-8,10,12-13,26H,9H2,1-3H3,(H,22,24). The molecule has 2 atom stereocenters. The zero-order valence-corrected chi connectivity index (χ0v) is 16.5. The monoisotopic (exact) mass is 404 g/mol. The number of aryl methyl sites for hydroxylation is 1. The summed E-state index contributed by atoms with van der Waals surface area (Å²) in [6, 6.07) is 8.48. The molecule has 0 aliphatic rings. The van der Waals surface area contributed by atoms with Gasteiger partial charge in [0.15, 0.2) is 5.78 Å². The molecule has 2 aromatic carbocycles. The Balaban J connectivity index is 1.99. The van der Waals surface area contributed by atoms with Crippen molar-refractivity contribution >= 4 is 29.0 Å². The lowest BCUT2D eigenvalue weighted by Gasteiger charge is -2.16. The Bertz CT molecular complexity index is 888. The maximum Gasteiger partial charge on any atom is 0.269 e. The van der Waals surface area contributed by atoms with E-state index in [2.05, 4.69) is 5.32 Å². The SMILES string of the molecule is Cc1cc(C(=O)C(C)CC(=O)NC(C)c2ccc([N+](=O)[O-])cc2)cc(Cl)c1O. The summed E-state index contributed by atoms with van der Waals surface area (Å²) in [4.78, 5) is 35.1. The zero-order chi connectivity index (χ0) is 21.0. The first kappa shape index (κ1) is 21.4. The van der Waals surface area contributed by atoms with Crippen molar-refractivity contribution in [2.75, 3.05) is 0 Å². The highest BCUT2D eigenvalue weighted by atomic mass is 35.5. The number of nitrogens with zero attached hydrogens (tertiary/aromatic N) is 1. The second kappa shape index (κ2) is 8.84. The average molecular weight is 405 g/mol. The number of nitro benzene ring substituents is 1. The van der Waals surface area contributed by atoms with E-state index in [4.69, 9.17) is 11.6 Å². The number of ketones is 1.